The second kappa shape index (κ2) is 6.36. The van der Waals surface area contributed by atoms with E-state index in [1.807, 2.05) is 0 Å². The maximum atomic E-state index is 12.7. The van der Waals surface area contributed by atoms with Crippen molar-refractivity contribution in [3.63, 3.8) is 0 Å². The Bertz CT molecular complexity index is 864. The van der Waals surface area contributed by atoms with Gasteiger partial charge in [-0.1, -0.05) is 6.07 Å². The van der Waals surface area contributed by atoms with E-state index < -0.39 is 17.6 Å². The van der Waals surface area contributed by atoms with Gasteiger partial charge in [0.1, 0.15) is 16.4 Å². The van der Waals surface area contributed by atoms with Crippen LogP contribution in [-0.2, 0) is 6.18 Å². The highest BCUT2D eigenvalue weighted by molar-refractivity contribution is 7.13. The lowest BCUT2D eigenvalue weighted by Gasteiger charge is -2.09. The quantitative estimate of drug-likeness (QED) is 0.779. The van der Waals surface area contributed by atoms with E-state index in [1.165, 1.54) is 47.4 Å². The fourth-order valence-electron chi connectivity index (χ4n) is 1.87. The molecule has 3 aromatic rings. The van der Waals surface area contributed by atoms with Crippen molar-refractivity contribution < 1.29 is 18.0 Å². The predicted molar refractivity (Wildman–Crippen MR) is 82.5 cm³/mol. The van der Waals surface area contributed by atoms with Crippen LogP contribution in [0, 0.1) is 0 Å². The summed E-state index contributed by atoms with van der Waals surface area (Å²) in [6.45, 7) is 0. The molecule has 5 nitrogen and oxygen atoms in total. The molecule has 122 valence electrons. The van der Waals surface area contributed by atoms with Crippen LogP contribution in [0.4, 0.5) is 18.9 Å². The van der Waals surface area contributed by atoms with Gasteiger partial charge in [0.15, 0.2) is 0 Å². The zero-order valence-corrected chi connectivity index (χ0v) is 12.7. The molecule has 0 fully saturated rings. The van der Waals surface area contributed by atoms with Crippen LogP contribution < -0.4 is 5.32 Å². The molecule has 3 rings (SSSR count). The molecule has 0 spiro atoms. The zero-order valence-electron chi connectivity index (χ0n) is 11.9. The number of carbonyl (C=O) groups excluding carboxylic acids is 1. The van der Waals surface area contributed by atoms with E-state index >= 15 is 0 Å². The summed E-state index contributed by atoms with van der Waals surface area (Å²) < 4.78 is 38.0. The Morgan fingerprint density at radius 1 is 1.21 bits per heavy atom. The van der Waals surface area contributed by atoms with Crippen LogP contribution in [0.15, 0.2) is 48.2 Å². The smallest absolute Gasteiger partial charge is 0.321 e. The number of thiazole rings is 1. The number of halogens is 3. The summed E-state index contributed by atoms with van der Waals surface area (Å²) in [5, 5.41) is 4.41. The lowest BCUT2D eigenvalue weighted by molar-refractivity contribution is -0.137. The summed E-state index contributed by atoms with van der Waals surface area (Å²) >= 11 is 1.19. The van der Waals surface area contributed by atoms with Gasteiger partial charge < -0.3 is 5.32 Å². The predicted octanol–water partition coefficient (Wildman–Crippen LogP) is 3.87. The zero-order chi connectivity index (χ0) is 17.2. The molecule has 24 heavy (non-hydrogen) atoms. The number of nitrogens with zero attached hydrogens (tertiary/aromatic N) is 3. The summed E-state index contributed by atoms with van der Waals surface area (Å²) in [6.07, 6.45) is 0.0469. The van der Waals surface area contributed by atoms with Crippen molar-refractivity contribution in [1.29, 1.82) is 0 Å². The number of carbonyl (C=O) groups is 1. The average Bonchev–Trinajstić information content (AvgIpc) is 3.05. The first-order chi connectivity index (χ1) is 11.4. The molecule has 0 aliphatic heterocycles. The Balaban J connectivity index is 1.78. The normalized spacial score (nSPS) is 11.3. The average molecular weight is 350 g/mol. The van der Waals surface area contributed by atoms with Gasteiger partial charge in [-0.25, -0.2) is 4.98 Å². The molecular formula is C15H9F3N4OS. The van der Waals surface area contributed by atoms with E-state index in [0.29, 0.717) is 10.7 Å². The van der Waals surface area contributed by atoms with Gasteiger partial charge in [0.05, 0.1) is 11.8 Å². The van der Waals surface area contributed by atoms with Gasteiger partial charge in [0.2, 0.25) is 0 Å². The summed E-state index contributed by atoms with van der Waals surface area (Å²) in [6, 6.07) is 4.41. The van der Waals surface area contributed by atoms with Crippen LogP contribution in [0.1, 0.15) is 16.1 Å². The number of anilines is 1. The lowest BCUT2D eigenvalue weighted by Crippen LogP contribution is -2.13. The van der Waals surface area contributed by atoms with Crippen molar-refractivity contribution >= 4 is 22.9 Å². The topological polar surface area (TPSA) is 67.8 Å². The monoisotopic (exact) mass is 350 g/mol. The summed E-state index contributed by atoms with van der Waals surface area (Å²) in [5.74, 6) is -0.597. The highest BCUT2D eigenvalue weighted by Crippen LogP contribution is 2.30. The maximum absolute atomic E-state index is 12.7. The fourth-order valence-corrected chi connectivity index (χ4v) is 2.63. The first-order valence-electron chi connectivity index (χ1n) is 6.64. The minimum atomic E-state index is -4.47. The van der Waals surface area contributed by atoms with Gasteiger partial charge in [-0.3, -0.25) is 14.8 Å². The minimum absolute atomic E-state index is 0.0453. The number of hydrogen-bond acceptors (Lipinski definition) is 5. The number of aromatic nitrogens is 3. The number of amides is 1. The van der Waals surface area contributed by atoms with E-state index in [1.54, 1.807) is 0 Å². The molecular weight excluding hydrogens is 341 g/mol. The molecule has 0 aliphatic carbocycles. The Morgan fingerprint density at radius 2 is 2.04 bits per heavy atom. The molecule has 1 aromatic carbocycles. The number of alkyl halides is 3. The first kappa shape index (κ1) is 16.1. The molecule has 0 bridgehead atoms. The lowest BCUT2D eigenvalue weighted by atomic mass is 10.2. The van der Waals surface area contributed by atoms with Crippen molar-refractivity contribution in [2.75, 3.05) is 5.32 Å². The Labute approximate surface area is 138 Å². The van der Waals surface area contributed by atoms with E-state index in [0.717, 1.165) is 12.1 Å². The van der Waals surface area contributed by atoms with Crippen LogP contribution in [-0.4, -0.2) is 20.9 Å². The van der Waals surface area contributed by atoms with Gasteiger partial charge in [0.25, 0.3) is 5.91 Å². The third kappa shape index (κ3) is 3.57. The summed E-state index contributed by atoms with van der Waals surface area (Å²) in [4.78, 5) is 24.3. The van der Waals surface area contributed by atoms with Gasteiger partial charge in [0, 0.05) is 23.5 Å². The third-order valence-corrected chi connectivity index (χ3v) is 3.83. The SMILES string of the molecule is O=C(Nc1cccc(C(F)(F)F)c1)c1csc(-c2cnccn2)n1. The number of rotatable bonds is 3. The molecule has 0 atom stereocenters. The number of hydrogen-bond donors (Lipinski definition) is 1. The second-order valence-electron chi connectivity index (χ2n) is 4.66. The van der Waals surface area contributed by atoms with Gasteiger partial charge in [-0.15, -0.1) is 11.3 Å². The molecule has 2 aromatic heterocycles. The summed E-state index contributed by atoms with van der Waals surface area (Å²) in [5.41, 5.74) is -0.179. The molecule has 0 saturated heterocycles. The highest BCUT2D eigenvalue weighted by Gasteiger charge is 2.30. The molecule has 0 aliphatic rings. The molecule has 0 radical (unpaired) electrons. The van der Waals surface area contributed by atoms with Gasteiger partial charge in [-0.2, -0.15) is 13.2 Å². The van der Waals surface area contributed by atoms with Gasteiger partial charge >= 0.3 is 6.18 Å². The van der Waals surface area contributed by atoms with Crippen molar-refractivity contribution in [1.82, 2.24) is 15.0 Å². The van der Waals surface area contributed by atoms with Crippen molar-refractivity contribution in [2.45, 2.75) is 6.18 Å². The van der Waals surface area contributed by atoms with E-state index in [2.05, 4.69) is 20.3 Å². The standard InChI is InChI=1S/C15H9F3N4OS/c16-15(17,18)9-2-1-3-10(6-9)21-13(23)12-8-24-14(22-12)11-7-19-4-5-20-11/h1-8H,(H,21,23). The Hall–Kier alpha value is -2.81. The Kier molecular flexibility index (Phi) is 4.26. The molecule has 1 N–H and O–H groups in total. The Morgan fingerprint density at radius 3 is 2.75 bits per heavy atom. The minimum Gasteiger partial charge on any atom is -0.321 e. The largest absolute Gasteiger partial charge is 0.416 e. The number of benzene rings is 1. The highest BCUT2D eigenvalue weighted by atomic mass is 32.1. The number of nitrogens with one attached hydrogen (secondary N) is 1. The van der Waals surface area contributed by atoms with E-state index in [4.69, 9.17) is 0 Å². The molecule has 2 heterocycles. The van der Waals surface area contributed by atoms with Crippen molar-refractivity contribution in [3.8, 4) is 10.7 Å². The van der Waals surface area contributed by atoms with Crippen LogP contribution in [0.2, 0.25) is 0 Å². The van der Waals surface area contributed by atoms with Crippen molar-refractivity contribution in [2.24, 2.45) is 0 Å². The summed E-state index contributed by atoms with van der Waals surface area (Å²) in [7, 11) is 0. The second-order valence-corrected chi connectivity index (χ2v) is 5.52. The van der Waals surface area contributed by atoms with Crippen LogP contribution in [0.25, 0.3) is 10.7 Å². The van der Waals surface area contributed by atoms with Crippen LogP contribution in [0.5, 0.6) is 0 Å². The van der Waals surface area contributed by atoms with Crippen LogP contribution >= 0.6 is 11.3 Å². The van der Waals surface area contributed by atoms with Crippen molar-refractivity contribution in [3.05, 3.63) is 59.5 Å². The molecule has 9 heteroatoms. The molecule has 1 amide bonds. The van der Waals surface area contributed by atoms with E-state index in [9.17, 15) is 18.0 Å². The van der Waals surface area contributed by atoms with E-state index in [-0.39, 0.29) is 11.4 Å². The molecule has 0 unspecified atom stereocenters. The first-order valence-corrected chi connectivity index (χ1v) is 7.52. The molecule has 0 saturated carbocycles. The van der Waals surface area contributed by atoms with Crippen LogP contribution in [0.3, 0.4) is 0 Å². The third-order valence-electron chi connectivity index (χ3n) is 2.97. The van der Waals surface area contributed by atoms with Gasteiger partial charge in [-0.05, 0) is 18.2 Å². The maximum Gasteiger partial charge on any atom is 0.416 e. The fraction of sp³-hybridized carbons (Fsp3) is 0.0667.